The fourth-order valence-corrected chi connectivity index (χ4v) is 2.48. The van der Waals surface area contributed by atoms with Gasteiger partial charge >= 0.3 is 6.18 Å². The fourth-order valence-electron chi connectivity index (χ4n) is 1.29. The van der Waals surface area contributed by atoms with Gasteiger partial charge in [0.15, 0.2) is 0 Å². The number of nitrogens with zero attached hydrogens (tertiary/aromatic N) is 2. The molecule has 0 saturated heterocycles. The molecule has 0 aliphatic rings. The molecular weight excluding hydrogens is 283 g/mol. The molecule has 1 aromatic heterocycles. The molecule has 1 rings (SSSR count). The van der Waals surface area contributed by atoms with Gasteiger partial charge in [-0.15, -0.1) is 0 Å². The maximum Gasteiger partial charge on any atom is 0.390 e. The zero-order valence-corrected chi connectivity index (χ0v) is 11.2. The molecule has 0 bridgehead atoms. The maximum atomic E-state index is 12.1. The molecule has 0 amide bonds. The van der Waals surface area contributed by atoms with Gasteiger partial charge < -0.3 is 5.32 Å². The van der Waals surface area contributed by atoms with Crippen LogP contribution >= 0.6 is 0 Å². The van der Waals surface area contributed by atoms with Crippen molar-refractivity contribution in [3.05, 3.63) is 18.3 Å². The monoisotopic (exact) mass is 297 g/mol. The van der Waals surface area contributed by atoms with E-state index in [-0.39, 0.29) is 4.90 Å². The molecule has 1 heterocycles. The third-order valence-corrected chi connectivity index (χ3v) is 4.26. The molecule has 5 nitrogen and oxygen atoms in total. The van der Waals surface area contributed by atoms with Gasteiger partial charge in [0.05, 0.1) is 11.3 Å². The van der Waals surface area contributed by atoms with E-state index in [0.717, 1.165) is 7.05 Å². The Hall–Kier alpha value is -1.35. The third-order valence-electron chi connectivity index (χ3n) is 2.41. The number of rotatable bonds is 5. The number of halogens is 3. The van der Waals surface area contributed by atoms with Crippen molar-refractivity contribution < 1.29 is 21.6 Å². The zero-order valence-electron chi connectivity index (χ0n) is 10.4. The number of hydrogen-bond donors (Lipinski definition) is 1. The number of hydrogen-bond acceptors (Lipinski definition) is 4. The van der Waals surface area contributed by atoms with Crippen molar-refractivity contribution in [1.29, 1.82) is 0 Å². The number of nitrogens with one attached hydrogen (secondary N) is 1. The summed E-state index contributed by atoms with van der Waals surface area (Å²) < 4.78 is 61.0. The predicted molar refractivity (Wildman–Crippen MR) is 64.3 cm³/mol. The Labute approximate surface area is 109 Å². The van der Waals surface area contributed by atoms with Crippen LogP contribution in [-0.2, 0) is 10.0 Å². The van der Waals surface area contributed by atoms with Crippen molar-refractivity contribution in [1.82, 2.24) is 9.29 Å². The summed E-state index contributed by atoms with van der Waals surface area (Å²) in [6.07, 6.45) is -4.30. The molecule has 0 atom stereocenters. The highest BCUT2D eigenvalue weighted by Crippen LogP contribution is 2.22. The molecule has 0 fully saturated rings. The van der Waals surface area contributed by atoms with Crippen molar-refractivity contribution in [3.63, 3.8) is 0 Å². The lowest BCUT2D eigenvalue weighted by atomic mass is 10.4. The molecule has 0 aliphatic heterocycles. The molecule has 108 valence electrons. The minimum Gasteiger partial charge on any atom is -0.373 e. The van der Waals surface area contributed by atoms with E-state index in [0.29, 0.717) is 10.1 Å². The van der Waals surface area contributed by atoms with E-state index in [1.54, 1.807) is 7.05 Å². The Morgan fingerprint density at radius 1 is 1.42 bits per heavy atom. The van der Waals surface area contributed by atoms with E-state index in [4.69, 9.17) is 0 Å². The summed E-state index contributed by atoms with van der Waals surface area (Å²) in [5.41, 5.74) is 0. The minimum absolute atomic E-state index is 0.100. The molecule has 0 spiro atoms. The summed E-state index contributed by atoms with van der Waals surface area (Å²) in [6, 6.07) is 2.50. The van der Waals surface area contributed by atoms with Gasteiger partial charge in [-0.25, -0.2) is 17.7 Å². The van der Waals surface area contributed by atoms with Crippen molar-refractivity contribution in [3.8, 4) is 0 Å². The van der Waals surface area contributed by atoms with E-state index in [9.17, 15) is 21.6 Å². The fraction of sp³-hybridized carbons (Fsp3) is 0.500. The van der Waals surface area contributed by atoms with Crippen LogP contribution in [0.1, 0.15) is 6.42 Å². The second-order valence-corrected chi connectivity index (χ2v) is 5.86. The van der Waals surface area contributed by atoms with E-state index >= 15 is 0 Å². The van der Waals surface area contributed by atoms with E-state index in [1.807, 2.05) is 0 Å². The van der Waals surface area contributed by atoms with Gasteiger partial charge in [0, 0.05) is 32.9 Å². The average Bonchev–Trinajstić information content (AvgIpc) is 2.35. The topological polar surface area (TPSA) is 62.3 Å². The van der Waals surface area contributed by atoms with Crippen molar-refractivity contribution >= 4 is 15.8 Å². The van der Waals surface area contributed by atoms with Crippen LogP contribution in [0.2, 0.25) is 0 Å². The Balaban J connectivity index is 2.90. The number of alkyl halides is 3. The largest absolute Gasteiger partial charge is 0.390 e. The smallest absolute Gasteiger partial charge is 0.373 e. The summed E-state index contributed by atoms with van der Waals surface area (Å²) in [6.45, 7) is -0.622. The lowest BCUT2D eigenvalue weighted by Crippen LogP contribution is -2.30. The highest BCUT2D eigenvalue weighted by molar-refractivity contribution is 7.89. The molecule has 9 heteroatoms. The Morgan fingerprint density at radius 3 is 2.58 bits per heavy atom. The standard InChI is InChI=1S/C10H14F3N3O2S/c1-14-9-7-8(3-5-15-9)19(17,18)16(2)6-4-10(11,12)13/h3,5,7H,4,6H2,1-2H3,(H,14,15). The number of pyridine rings is 1. The number of anilines is 1. The third kappa shape index (κ3) is 4.35. The van der Waals surface area contributed by atoms with Crippen LogP contribution in [0.5, 0.6) is 0 Å². The second-order valence-electron chi connectivity index (χ2n) is 3.82. The molecule has 1 aromatic rings. The predicted octanol–water partition coefficient (Wildman–Crippen LogP) is 1.70. The molecule has 19 heavy (non-hydrogen) atoms. The Kier molecular flexibility index (Phi) is 4.75. The summed E-state index contributed by atoms with van der Waals surface area (Å²) >= 11 is 0. The van der Waals surface area contributed by atoms with Crippen LogP contribution in [0.25, 0.3) is 0 Å². The lowest BCUT2D eigenvalue weighted by Gasteiger charge is -2.18. The zero-order chi connectivity index (χ0) is 14.7. The minimum atomic E-state index is -4.39. The first-order valence-electron chi connectivity index (χ1n) is 5.34. The van der Waals surface area contributed by atoms with E-state index < -0.39 is 29.2 Å². The summed E-state index contributed by atoms with van der Waals surface area (Å²) in [5.74, 6) is 0.324. The Morgan fingerprint density at radius 2 is 2.05 bits per heavy atom. The van der Waals surface area contributed by atoms with Gasteiger partial charge in [0.25, 0.3) is 0 Å². The molecule has 0 aromatic carbocycles. The molecule has 0 radical (unpaired) electrons. The second kappa shape index (κ2) is 5.74. The summed E-state index contributed by atoms with van der Waals surface area (Å²) in [5, 5.41) is 2.66. The first kappa shape index (κ1) is 15.7. The van der Waals surface area contributed by atoms with Gasteiger partial charge in [-0.3, -0.25) is 0 Å². The van der Waals surface area contributed by atoms with E-state index in [1.165, 1.54) is 18.3 Å². The SMILES string of the molecule is CNc1cc(S(=O)(=O)N(C)CCC(F)(F)F)ccn1. The van der Waals surface area contributed by atoms with Gasteiger partial charge in [0.1, 0.15) is 5.82 Å². The molecule has 0 saturated carbocycles. The van der Waals surface area contributed by atoms with Gasteiger partial charge in [-0.1, -0.05) is 0 Å². The highest BCUT2D eigenvalue weighted by atomic mass is 32.2. The molecular formula is C10H14F3N3O2S. The molecule has 1 N–H and O–H groups in total. The average molecular weight is 297 g/mol. The van der Waals surface area contributed by atoms with Crippen LogP contribution in [-0.4, -0.2) is 44.5 Å². The highest BCUT2D eigenvalue weighted by Gasteiger charge is 2.30. The van der Waals surface area contributed by atoms with Crippen LogP contribution in [0.15, 0.2) is 23.2 Å². The maximum absolute atomic E-state index is 12.1. The van der Waals surface area contributed by atoms with Crippen LogP contribution in [0.4, 0.5) is 19.0 Å². The van der Waals surface area contributed by atoms with Crippen LogP contribution in [0, 0.1) is 0 Å². The Bertz CT molecular complexity index is 531. The van der Waals surface area contributed by atoms with Crippen molar-refractivity contribution in [2.75, 3.05) is 26.0 Å². The number of aromatic nitrogens is 1. The van der Waals surface area contributed by atoms with Crippen molar-refractivity contribution in [2.24, 2.45) is 0 Å². The van der Waals surface area contributed by atoms with Crippen molar-refractivity contribution in [2.45, 2.75) is 17.5 Å². The van der Waals surface area contributed by atoms with E-state index in [2.05, 4.69) is 10.3 Å². The number of sulfonamides is 1. The quantitative estimate of drug-likeness (QED) is 0.898. The first-order chi connectivity index (χ1) is 8.66. The summed E-state index contributed by atoms with van der Waals surface area (Å²) in [4.78, 5) is 3.74. The summed E-state index contributed by atoms with van der Waals surface area (Å²) in [7, 11) is -1.27. The molecule has 0 unspecified atom stereocenters. The van der Waals surface area contributed by atoms with Crippen LogP contribution in [0.3, 0.4) is 0 Å². The van der Waals surface area contributed by atoms with Gasteiger partial charge in [-0.05, 0) is 6.07 Å². The normalized spacial score (nSPS) is 12.7. The lowest BCUT2D eigenvalue weighted by molar-refractivity contribution is -0.135. The van der Waals surface area contributed by atoms with Gasteiger partial charge in [0.2, 0.25) is 10.0 Å². The van der Waals surface area contributed by atoms with Crippen LogP contribution < -0.4 is 5.32 Å². The first-order valence-corrected chi connectivity index (χ1v) is 6.78. The van der Waals surface area contributed by atoms with Gasteiger partial charge in [-0.2, -0.15) is 13.2 Å². The molecule has 0 aliphatic carbocycles.